The Morgan fingerprint density at radius 3 is 2.76 bits per heavy atom. The van der Waals surface area contributed by atoms with Crippen molar-refractivity contribution in [3.05, 3.63) is 18.7 Å². The van der Waals surface area contributed by atoms with Crippen molar-refractivity contribution in [1.82, 2.24) is 24.5 Å². The van der Waals surface area contributed by atoms with E-state index in [9.17, 15) is 0 Å². The van der Waals surface area contributed by atoms with Crippen LogP contribution in [0.1, 0.15) is 19.8 Å². The summed E-state index contributed by atoms with van der Waals surface area (Å²) >= 11 is 0. The highest BCUT2D eigenvalue weighted by Gasteiger charge is 2.16. The summed E-state index contributed by atoms with van der Waals surface area (Å²) in [5, 5.41) is 6.49. The second-order valence-corrected chi connectivity index (χ2v) is 4.81. The Morgan fingerprint density at radius 1 is 1.24 bits per heavy atom. The second-order valence-electron chi connectivity index (χ2n) is 4.81. The summed E-state index contributed by atoms with van der Waals surface area (Å²) < 4.78 is 7.13. The number of rotatable bonds is 5. The molecule has 0 atom stereocenters. The molecule has 1 fully saturated rings. The largest absolute Gasteiger partial charge is 0.381 e. The van der Waals surface area contributed by atoms with Gasteiger partial charge in [-0.3, -0.25) is 4.57 Å². The number of nitrogens with one attached hydrogen (secondary N) is 2. The predicted octanol–water partition coefficient (Wildman–Crippen LogP) is 1.08. The van der Waals surface area contributed by atoms with E-state index in [1.807, 2.05) is 13.1 Å². The van der Waals surface area contributed by atoms with Crippen LogP contribution < -0.4 is 10.6 Å². The minimum Gasteiger partial charge on any atom is -0.381 e. The van der Waals surface area contributed by atoms with E-state index < -0.39 is 0 Å². The smallest absolute Gasteiger partial charge is 0.241 e. The number of imidazole rings is 1. The van der Waals surface area contributed by atoms with Crippen LogP contribution in [-0.4, -0.2) is 50.3 Å². The zero-order valence-electron chi connectivity index (χ0n) is 12.0. The average molecular weight is 289 g/mol. The van der Waals surface area contributed by atoms with E-state index in [2.05, 4.69) is 30.6 Å². The summed E-state index contributed by atoms with van der Waals surface area (Å²) in [4.78, 5) is 17.3. The minimum atomic E-state index is 0.339. The first-order valence-electron chi connectivity index (χ1n) is 7.17. The highest BCUT2D eigenvalue weighted by molar-refractivity contribution is 5.38. The fourth-order valence-electron chi connectivity index (χ4n) is 2.18. The molecule has 1 aliphatic heterocycles. The van der Waals surface area contributed by atoms with Crippen molar-refractivity contribution in [2.24, 2.45) is 0 Å². The van der Waals surface area contributed by atoms with Gasteiger partial charge in [-0.25, -0.2) is 4.98 Å². The second kappa shape index (κ2) is 6.49. The summed E-state index contributed by atoms with van der Waals surface area (Å²) in [6.45, 7) is 4.31. The number of aromatic nitrogens is 5. The maximum Gasteiger partial charge on any atom is 0.241 e. The lowest BCUT2D eigenvalue weighted by molar-refractivity contribution is 0.0903. The third-order valence-corrected chi connectivity index (χ3v) is 3.25. The van der Waals surface area contributed by atoms with E-state index in [0.29, 0.717) is 23.9 Å². The monoisotopic (exact) mass is 289 g/mol. The molecule has 1 saturated heterocycles. The Hall–Kier alpha value is -2.22. The molecular formula is C13H19N7O. The molecule has 8 nitrogen and oxygen atoms in total. The van der Waals surface area contributed by atoms with Gasteiger partial charge in [-0.05, 0) is 19.8 Å². The molecule has 3 rings (SSSR count). The fourth-order valence-corrected chi connectivity index (χ4v) is 2.18. The van der Waals surface area contributed by atoms with Crippen LogP contribution in [0.15, 0.2) is 18.7 Å². The Bertz CT molecular complexity index is 566. The third-order valence-electron chi connectivity index (χ3n) is 3.25. The first kappa shape index (κ1) is 13.7. The molecular weight excluding hydrogens is 270 g/mol. The first-order chi connectivity index (χ1) is 10.3. The van der Waals surface area contributed by atoms with Gasteiger partial charge in [0.15, 0.2) is 0 Å². The van der Waals surface area contributed by atoms with Crippen LogP contribution in [0.25, 0.3) is 5.95 Å². The van der Waals surface area contributed by atoms with Gasteiger partial charge in [-0.15, -0.1) is 0 Å². The molecule has 112 valence electrons. The lowest BCUT2D eigenvalue weighted by Crippen LogP contribution is -2.29. The van der Waals surface area contributed by atoms with Crippen molar-refractivity contribution in [1.29, 1.82) is 0 Å². The van der Waals surface area contributed by atoms with Crippen molar-refractivity contribution in [2.75, 3.05) is 30.4 Å². The zero-order chi connectivity index (χ0) is 14.5. The zero-order valence-corrected chi connectivity index (χ0v) is 12.0. The molecule has 0 radical (unpaired) electrons. The van der Waals surface area contributed by atoms with Crippen LogP contribution in [0.2, 0.25) is 0 Å². The standard InChI is InChI=1S/C13H19N7O/c1-2-15-11-17-12(16-10-3-7-21-8-4-10)19-13(18-11)20-6-5-14-9-20/h5-6,9-10H,2-4,7-8H2,1H3,(H2,15,16,17,18,19). The Balaban J connectivity index is 1.84. The number of hydrogen-bond donors (Lipinski definition) is 2. The van der Waals surface area contributed by atoms with E-state index in [1.165, 1.54) is 0 Å². The van der Waals surface area contributed by atoms with Gasteiger partial charge >= 0.3 is 0 Å². The van der Waals surface area contributed by atoms with Gasteiger partial charge in [0.25, 0.3) is 0 Å². The fraction of sp³-hybridized carbons (Fsp3) is 0.538. The summed E-state index contributed by atoms with van der Waals surface area (Å²) in [6, 6.07) is 0.339. The summed E-state index contributed by atoms with van der Waals surface area (Å²) in [7, 11) is 0. The Kier molecular flexibility index (Phi) is 4.25. The van der Waals surface area contributed by atoms with Crippen molar-refractivity contribution < 1.29 is 4.74 Å². The number of ether oxygens (including phenoxy) is 1. The molecule has 0 aromatic carbocycles. The molecule has 0 aliphatic carbocycles. The van der Waals surface area contributed by atoms with E-state index in [0.717, 1.165) is 32.6 Å². The van der Waals surface area contributed by atoms with Gasteiger partial charge < -0.3 is 15.4 Å². The molecule has 0 amide bonds. The van der Waals surface area contributed by atoms with Crippen LogP contribution >= 0.6 is 0 Å². The highest BCUT2D eigenvalue weighted by atomic mass is 16.5. The maximum atomic E-state index is 5.36. The molecule has 21 heavy (non-hydrogen) atoms. The van der Waals surface area contributed by atoms with Crippen molar-refractivity contribution in [2.45, 2.75) is 25.8 Å². The van der Waals surface area contributed by atoms with Gasteiger partial charge in [-0.1, -0.05) is 0 Å². The summed E-state index contributed by atoms with van der Waals surface area (Å²) in [5.41, 5.74) is 0. The van der Waals surface area contributed by atoms with Crippen molar-refractivity contribution in [3.8, 4) is 5.95 Å². The SMILES string of the molecule is CCNc1nc(NC2CCOCC2)nc(-n2ccnc2)n1. The molecule has 0 unspecified atom stereocenters. The number of nitrogens with zero attached hydrogens (tertiary/aromatic N) is 5. The summed E-state index contributed by atoms with van der Waals surface area (Å²) in [5.74, 6) is 1.69. The summed E-state index contributed by atoms with van der Waals surface area (Å²) in [6.07, 6.45) is 7.10. The molecule has 8 heteroatoms. The van der Waals surface area contributed by atoms with E-state index >= 15 is 0 Å². The van der Waals surface area contributed by atoms with E-state index in [4.69, 9.17) is 4.74 Å². The molecule has 0 saturated carbocycles. The van der Waals surface area contributed by atoms with Crippen LogP contribution in [0.3, 0.4) is 0 Å². The maximum absolute atomic E-state index is 5.36. The molecule has 0 bridgehead atoms. The lowest BCUT2D eigenvalue weighted by atomic mass is 10.1. The van der Waals surface area contributed by atoms with Gasteiger partial charge in [-0.2, -0.15) is 15.0 Å². The quantitative estimate of drug-likeness (QED) is 0.851. The molecule has 2 N–H and O–H groups in total. The average Bonchev–Trinajstić information content (AvgIpc) is 3.03. The topological polar surface area (TPSA) is 89.8 Å². The molecule has 0 spiro atoms. The van der Waals surface area contributed by atoms with E-state index in [1.54, 1.807) is 17.1 Å². The van der Waals surface area contributed by atoms with Crippen LogP contribution in [-0.2, 0) is 4.74 Å². The predicted molar refractivity (Wildman–Crippen MR) is 78.6 cm³/mol. The molecule has 3 heterocycles. The minimum absolute atomic E-state index is 0.339. The van der Waals surface area contributed by atoms with E-state index in [-0.39, 0.29) is 0 Å². The van der Waals surface area contributed by atoms with Crippen LogP contribution in [0.4, 0.5) is 11.9 Å². The van der Waals surface area contributed by atoms with Crippen LogP contribution in [0.5, 0.6) is 0 Å². The number of anilines is 2. The Labute approximate surface area is 123 Å². The third kappa shape index (κ3) is 3.46. The van der Waals surface area contributed by atoms with Gasteiger partial charge in [0.05, 0.1) is 0 Å². The first-order valence-corrected chi connectivity index (χ1v) is 7.17. The van der Waals surface area contributed by atoms with Crippen LogP contribution in [0, 0.1) is 0 Å². The highest BCUT2D eigenvalue weighted by Crippen LogP contribution is 2.14. The number of hydrogen-bond acceptors (Lipinski definition) is 7. The van der Waals surface area contributed by atoms with Gasteiger partial charge in [0.1, 0.15) is 6.33 Å². The Morgan fingerprint density at radius 2 is 2.05 bits per heavy atom. The van der Waals surface area contributed by atoms with Crippen molar-refractivity contribution >= 4 is 11.9 Å². The molecule has 2 aromatic heterocycles. The molecule has 1 aliphatic rings. The molecule has 2 aromatic rings. The van der Waals surface area contributed by atoms with Crippen molar-refractivity contribution in [3.63, 3.8) is 0 Å². The van der Waals surface area contributed by atoms with Gasteiger partial charge in [0.2, 0.25) is 17.8 Å². The lowest BCUT2D eigenvalue weighted by Gasteiger charge is -2.23. The van der Waals surface area contributed by atoms with Gasteiger partial charge in [0, 0.05) is 38.2 Å². The normalized spacial score (nSPS) is 15.9.